The van der Waals surface area contributed by atoms with Gasteiger partial charge in [0.25, 0.3) is 0 Å². The van der Waals surface area contributed by atoms with E-state index in [2.05, 4.69) is 16.9 Å². The fraction of sp³-hybridized carbons (Fsp3) is 0.500. The van der Waals surface area contributed by atoms with E-state index < -0.39 is 0 Å². The van der Waals surface area contributed by atoms with Crippen LogP contribution in [0.15, 0.2) is 29.2 Å². The number of rotatable bonds is 3. The Balaban J connectivity index is 1.79. The molecule has 2 rings (SSSR count). The van der Waals surface area contributed by atoms with Crippen molar-refractivity contribution in [1.29, 1.82) is 0 Å². The van der Waals surface area contributed by atoms with Crippen LogP contribution in [0.25, 0.3) is 0 Å². The van der Waals surface area contributed by atoms with Crippen LogP contribution in [0.4, 0.5) is 5.69 Å². The van der Waals surface area contributed by atoms with Crippen LogP contribution in [0.2, 0.25) is 0 Å². The average molecular weight is 222 g/mol. The van der Waals surface area contributed by atoms with E-state index in [0.29, 0.717) is 6.04 Å². The van der Waals surface area contributed by atoms with Crippen LogP contribution in [-0.4, -0.2) is 6.04 Å². The fourth-order valence-electron chi connectivity index (χ4n) is 1.91. The van der Waals surface area contributed by atoms with Gasteiger partial charge >= 0.3 is 0 Å². The number of nitrogens with two attached hydrogens (primary N) is 1. The maximum Gasteiger partial charge on any atom is 0.0314 e. The van der Waals surface area contributed by atoms with E-state index in [0.717, 1.165) is 5.69 Å². The summed E-state index contributed by atoms with van der Waals surface area (Å²) in [4.78, 5) is 1.25. The zero-order valence-electron chi connectivity index (χ0n) is 8.91. The van der Waals surface area contributed by atoms with Crippen molar-refractivity contribution in [3.05, 3.63) is 24.3 Å². The van der Waals surface area contributed by atoms with E-state index in [-0.39, 0.29) is 0 Å². The van der Waals surface area contributed by atoms with Gasteiger partial charge in [0, 0.05) is 16.6 Å². The highest BCUT2D eigenvalue weighted by Crippen LogP contribution is 2.22. The van der Waals surface area contributed by atoms with Crippen LogP contribution in [0.5, 0.6) is 0 Å². The molecule has 1 aromatic carbocycles. The highest BCUT2D eigenvalue weighted by molar-refractivity contribution is 7.97. The summed E-state index contributed by atoms with van der Waals surface area (Å²) in [5.41, 5.74) is 6.47. The maximum atomic E-state index is 5.64. The van der Waals surface area contributed by atoms with Crippen molar-refractivity contribution < 1.29 is 0 Å². The first-order valence-electron chi connectivity index (χ1n) is 5.62. The standard InChI is InChI=1S/C12H18N2S/c13-10-6-8-12(9-7-10)15-14-11-4-2-1-3-5-11/h6-9,11,14H,1-5,13H2. The summed E-state index contributed by atoms with van der Waals surface area (Å²) in [7, 11) is 0. The lowest BCUT2D eigenvalue weighted by molar-refractivity contribution is 0.423. The fourth-order valence-corrected chi connectivity index (χ4v) is 2.72. The van der Waals surface area contributed by atoms with Gasteiger partial charge in [0.15, 0.2) is 0 Å². The molecule has 0 spiro atoms. The molecule has 1 aromatic rings. The van der Waals surface area contributed by atoms with Gasteiger partial charge in [0.2, 0.25) is 0 Å². The van der Waals surface area contributed by atoms with Crippen LogP contribution < -0.4 is 10.5 Å². The molecule has 0 atom stereocenters. The Kier molecular flexibility index (Phi) is 3.92. The topological polar surface area (TPSA) is 38.0 Å². The van der Waals surface area contributed by atoms with Gasteiger partial charge < -0.3 is 5.73 Å². The predicted octanol–water partition coefficient (Wildman–Crippen LogP) is 3.20. The second-order valence-electron chi connectivity index (χ2n) is 4.12. The van der Waals surface area contributed by atoms with Crippen LogP contribution in [0.3, 0.4) is 0 Å². The van der Waals surface area contributed by atoms with Gasteiger partial charge in [-0.1, -0.05) is 19.3 Å². The molecule has 3 heteroatoms. The number of nitrogens with one attached hydrogen (secondary N) is 1. The molecule has 0 radical (unpaired) electrons. The quantitative estimate of drug-likeness (QED) is 0.609. The van der Waals surface area contributed by atoms with E-state index in [1.165, 1.54) is 37.0 Å². The first-order chi connectivity index (χ1) is 7.34. The zero-order valence-corrected chi connectivity index (χ0v) is 9.72. The Morgan fingerprint density at radius 1 is 1.07 bits per heavy atom. The van der Waals surface area contributed by atoms with E-state index in [1.54, 1.807) is 11.9 Å². The van der Waals surface area contributed by atoms with Crippen molar-refractivity contribution >= 4 is 17.6 Å². The lowest BCUT2D eigenvalue weighted by Crippen LogP contribution is -2.25. The Morgan fingerprint density at radius 3 is 2.40 bits per heavy atom. The van der Waals surface area contributed by atoms with Gasteiger partial charge in [-0.05, 0) is 49.1 Å². The van der Waals surface area contributed by atoms with Crippen LogP contribution in [0.1, 0.15) is 32.1 Å². The molecule has 0 amide bonds. The van der Waals surface area contributed by atoms with Gasteiger partial charge in [-0.3, -0.25) is 4.72 Å². The molecule has 0 aromatic heterocycles. The van der Waals surface area contributed by atoms with Crippen LogP contribution in [-0.2, 0) is 0 Å². The van der Waals surface area contributed by atoms with E-state index in [1.807, 2.05) is 12.1 Å². The summed E-state index contributed by atoms with van der Waals surface area (Å²) in [6.45, 7) is 0. The summed E-state index contributed by atoms with van der Waals surface area (Å²) in [5, 5.41) is 0. The van der Waals surface area contributed by atoms with Crippen molar-refractivity contribution in [2.45, 2.75) is 43.0 Å². The molecule has 0 saturated heterocycles. The molecule has 1 saturated carbocycles. The summed E-state index contributed by atoms with van der Waals surface area (Å²) < 4.78 is 3.53. The number of hydrogen-bond acceptors (Lipinski definition) is 3. The van der Waals surface area contributed by atoms with Crippen LogP contribution >= 0.6 is 11.9 Å². The molecule has 1 aliphatic rings. The lowest BCUT2D eigenvalue weighted by Gasteiger charge is -2.22. The van der Waals surface area contributed by atoms with Gasteiger partial charge in [-0.25, -0.2) is 0 Å². The molecule has 0 aliphatic heterocycles. The Hall–Kier alpha value is -0.670. The predicted molar refractivity (Wildman–Crippen MR) is 66.7 cm³/mol. The zero-order chi connectivity index (χ0) is 10.5. The Labute approximate surface area is 95.8 Å². The van der Waals surface area contributed by atoms with Crippen molar-refractivity contribution in [3.63, 3.8) is 0 Å². The summed E-state index contributed by atoms with van der Waals surface area (Å²) in [6, 6.07) is 8.72. The molecule has 82 valence electrons. The smallest absolute Gasteiger partial charge is 0.0314 e. The normalized spacial score (nSPS) is 17.9. The Bertz CT molecular complexity index is 291. The highest BCUT2D eigenvalue weighted by Gasteiger charge is 2.12. The molecule has 1 aliphatic carbocycles. The molecule has 3 N–H and O–H groups in total. The van der Waals surface area contributed by atoms with Crippen LogP contribution in [0, 0.1) is 0 Å². The van der Waals surface area contributed by atoms with Gasteiger partial charge in [-0.15, -0.1) is 0 Å². The third-order valence-corrected chi connectivity index (χ3v) is 3.79. The van der Waals surface area contributed by atoms with Crippen molar-refractivity contribution in [1.82, 2.24) is 4.72 Å². The first kappa shape index (κ1) is 10.8. The largest absolute Gasteiger partial charge is 0.399 e. The van der Waals surface area contributed by atoms with E-state index in [9.17, 15) is 0 Å². The second-order valence-corrected chi connectivity index (χ2v) is 5.04. The number of anilines is 1. The molecule has 15 heavy (non-hydrogen) atoms. The number of benzene rings is 1. The van der Waals surface area contributed by atoms with Gasteiger partial charge in [0.05, 0.1) is 0 Å². The average Bonchev–Trinajstić information content (AvgIpc) is 2.30. The molecule has 0 heterocycles. The number of nitrogen functional groups attached to an aromatic ring is 1. The summed E-state index contributed by atoms with van der Waals surface area (Å²) in [5.74, 6) is 0. The minimum atomic E-state index is 0.696. The lowest BCUT2D eigenvalue weighted by atomic mass is 9.96. The Morgan fingerprint density at radius 2 is 1.73 bits per heavy atom. The minimum Gasteiger partial charge on any atom is -0.399 e. The van der Waals surface area contributed by atoms with E-state index >= 15 is 0 Å². The molecular formula is C12H18N2S. The van der Waals surface area contributed by atoms with Crippen molar-refractivity contribution in [3.8, 4) is 0 Å². The van der Waals surface area contributed by atoms with E-state index in [4.69, 9.17) is 5.73 Å². The molecule has 1 fully saturated rings. The molecular weight excluding hydrogens is 204 g/mol. The molecule has 0 unspecified atom stereocenters. The van der Waals surface area contributed by atoms with Gasteiger partial charge in [-0.2, -0.15) is 0 Å². The van der Waals surface area contributed by atoms with Gasteiger partial charge in [0.1, 0.15) is 0 Å². The summed E-state index contributed by atoms with van der Waals surface area (Å²) in [6.07, 6.45) is 6.80. The first-order valence-corrected chi connectivity index (χ1v) is 6.44. The molecule has 2 nitrogen and oxygen atoms in total. The van der Waals surface area contributed by atoms with Crippen molar-refractivity contribution in [2.24, 2.45) is 0 Å². The van der Waals surface area contributed by atoms with Crippen molar-refractivity contribution in [2.75, 3.05) is 5.73 Å². The number of hydrogen-bond donors (Lipinski definition) is 2. The maximum absolute atomic E-state index is 5.64. The third kappa shape index (κ3) is 3.43. The third-order valence-electron chi connectivity index (χ3n) is 2.83. The molecule has 0 bridgehead atoms. The highest BCUT2D eigenvalue weighted by atomic mass is 32.2. The minimum absolute atomic E-state index is 0.696. The SMILES string of the molecule is Nc1ccc(SNC2CCCCC2)cc1. The summed E-state index contributed by atoms with van der Waals surface area (Å²) >= 11 is 1.73. The monoisotopic (exact) mass is 222 g/mol. The second kappa shape index (κ2) is 5.42.